The molecule has 3 heterocycles. The fourth-order valence-electron chi connectivity index (χ4n) is 4.16. The molecule has 2 saturated heterocycles. The van der Waals surface area contributed by atoms with Gasteiger partial charge in [0.15, 0.2) is 0 Å². The number of thiazole rings is 1. The summed E-state index contributed by atoms with van der Waals surface area (Å²) in [5.74, 6) is 0.874. The van der Waals surface area contributed by atoms with E-state index in [1.165, 1.54) is 37.1 Å². The highest BCUT2D eigenvalue weighted by Gasteiger charge is 2.38. The normalized spacial score (nSPS) is 27.3. The molecule has 2 aliphatic heterocycles. The lowest BCUT2D eigenvalue weighted by Gasteiger charge is -2.42. The van der Waals surface area contributed by atoms with Gasteiger partial charge >= 0.3 is 0 Å². The Morgan fingerprint density at radius 1 is 1.17 bits per heavy atom. The summed E-state index contributed by atoms with van der Waals surface area (Å²) in [6.07, 6.45) is 6.54. The van der Waals surface area contributed by atoms with Gasteiger partial charge in [-0.05, 0) is 19.8 Å². The first kappa shape index (κ1) is 15.5. The van der Waals surface area contributed by atoms with Crippen molar-refractivity contribution in [3.63, 3.8) is 0 Å². The summed E-state index contributed by atoms with van der Waals surface area (Å²) >= 11 is 1.77. The highest BCUT2D eigenvalue weighted by atomic mass is 32.1. The first-order valence-electron chi connectivity index (χ1n) is 8.97. The number of aryl methyl sites for hydroxylation is 1. The SMILES string of the molecule is Cc1nc(C2CCCCC2)sc1N1CCN2CCNC[C@@H]2C1=O. The molecule has 0 spiro atoms. The largest absolute Gasteiger partial charge is 0.313 e. The minimum Gasteiger partial charge on any atom is -0.313 e. The van der Waals surface area contributed by atoms with Crippen molar-refractivity contribution in [1.29, 1.82) is 0 Å². The number of nitrogens with zero attached hydrogens (tertiary/aromatic N) is 3. The van der Waals surface area contributed by atoms with Crippen molar-refractivity contribution >= 4 is 22.2 Å². The maximum absolute atomic E-state index is 12.9. The molecule has 23 heavy (non-hydrogen) atoms. The fourth-order valence-corrected chi connectivity index (χ4v) is 5.43. The van der Waals surface area contributed by atoms with E-state index in [9.17, 15) is 4.79 Å². The molecule has 1 aliphatic carbocycles. The molecule has 0 aromatic carbocycles. The lowest BCUT2D eigenvalue weighted by Crippen LogP contribution is -2.64. The maximum Gasteiger partial charge on any atom is 0.246 e. The van der Waals surface area contributed by atoms with Gasteiger partial charge in [0.05, 0.1) is 10.7 Å². The number of carbonyl (C=O) groups excluding carboxylic acids is 1. The van der Waals surface area contributed by atoms with E-state index in [-0.39, 0.29) is 11.9 Å². The van der Waals surface area contributed by atoms with Gasteiger partial charge in [-0.2, -0.15) is 0 Å². The highest BCUT2D eigenvalue weighted by molar-refractivity contribution is 7.16. The van der Waals surface area contributed by atoms with E-state index in [1.807, 2.05) is 4.90 Å². The van der Waals surface area contributed by atoms with Crippen LogP contribution in [0.3, 0.4) is 0 Å². The van der Waals surface area contributed by atoms with E-state index in [4.69, 9.17) is 4.98 Å². The van der Waals surface area contributed by atoms with Gasteiger partial charge < -0.3 is 5.32 Å². The lowest BCUT2D eigenvalue weighted by molar-refractivity contribution is -0.126. The summed E-state index contributed by atoms with van der Waals surface area (Å²) in [5.41, 5.74) is 1.04. The Hall–Kier alpha value is -0.980. The van der Waals surface area contributed by atoms with Gasteiger partial charge in [0.2, 0.25) is 5.91 Å². The molecule has 126 valence electrons. The number of carbonyl (C=O) groups is 1. The first-order valence-corrected chi connectivity index (χ1v) is 9.79. The number of hydrogen-bond donors (Lipinski definition) is 1. The molecule has 0 radical (unpaired) electrons. The smallest absolute Gasteiger partial charge is 0.246 e. The van der Waals surface area contributed by atoms with Gasteiger partial charge in [-0.25, -0.2) is 4.98 Å². The molecule has 1 N–H and O–H groups in total. The number of anilines is 1. The Morgan fingerprint density at radius 3 is 2.83 bits per heavy atom. The molecule has 4 rings (SSSR count). The van der Waals surface area contributed by atoms with Crippen LogP contribution in [-0.4, -0.2) is 54.6 Å². The van der Waals surface area contributed by atoms with E-state index >= 15 is 0 Å². The molecule has 0 bridgehead atoms. The summed E-state index contributed by atoms with van der Waals surface area (Å²) in [7, 11) is 0. The van der Waals surface area contributed by atoms with Crippen molar-refractivity contribution in [1.82, 2.24) is 15.2 Å². The minimum absolute atomic E-state index is 0.0112. The monoisotopic (exact) mass is 334 g/mol. The van der Waals surface area contributed by atoms with Gasteiger partial charge in [0.25, 0.3) is 0 Å². The fraction of sp³-hybridized carbons (Fsp3) is 0.765. The van der Waals surface area contributed by atoms with Gasteiger partial charge in [-0.3, -0.25) is 14.6 Å². The Labute approximate surface area is 142 Å². The Morgan fingerprint density at radius 2 is 2.00 bits per heavy atom. The van der Waals surface area contributed by atoms with E-state index < -0.39 is 0 Å². The molecule has 1 aromatic heterocycles. The van der Waals surface area contributed by atoms with Crippen LogP contribution in [0.15, 0.2) is 0 Å². The molecule has 1 atom stereocenters. The van der Waals surface area contributed by atoms with E-state index in [0.29, 0.717) is 5.92 Å². The molecule has 1 aromatic rings. The predicted octanol–water partition coefficient (Wildman–Crippen LogP) is 2.12. The molecule has 6 heteroatoms. The summed E-state index contributed by atoms with van der Waals surface area (Å²) in [6.45, 7) is 6.62. The molecule has 3 aliphatic rings. The van der Waals surface area contributed by atoms with Gasteiger partial charge in [-0.1, -0.05) is 19.3 Å². The molecular weight excluding hydrogens is 308 g/mol. The summed E-state index contributed by atoms with van der Waals surface area (Å²) in [5, 5.41) is 5.71. The van der Waals surface area contributed by atoms with Crippen LogP contribution < -0.4 is 10.2 Å². The van der Waals surface area contributed by atoms with Crippen molar-refractivity contribution < 1.29 is 4.79 Å². The minimum atomic E-state index is 0.0112. The maximum atomic E-state index is 12.9. The zero-order valence-corrected chi connectivity index (χ0v) is 14.7. The third-order valence-electron chi connectivity index (χ3n) is 5.50. The average molecular weight is 334 g/mol. The number of rotatable bonds is 2. The number of nitrogens with one attached hydrogen (secondary N) is 1. The Bertz CT molecular complexity index is 581. The lowest BCUT2D eigenvalue weighted by atomic mass is 9.90. The summed E-state index contributed by atoms with van der Waals surface area (Å²) < 4.78 is 0. The van der Waals surface area contributed by atoms with Crippen LogP contribution in [-0.2, 0) is 4.79 Å². The zero-order valence-electron chi connectivity index (χ0n) is 13.9. The topological polar surface area (TPSA) is 48.5 Å². The van der Waals surface area contributed by atoms with Gasteiger partial charge in [-0.15, -0.1) is 11.3 Å². The van der Waals surface area contributed by atoms with Crippen LogP contribution in [0.5, 0.6) is 0 Å². The average Bonchev–Trinajstić information content (AvgIpc) is 2.98. The van der Waals surface area contributed by atoms with Gasteiger partial charge in [0, 0.05) is 38.6 Å². The van der Waals surface area contributed by atoms with Crippen LogP contribution in [0, 0.1) is 6.92 Å². The Kier molecular flexibility index (Phi) is 4.39. The molecule has 1 amide bonds. The van der Waals surface area contributed by atoms with Crippen LogP contribution in [0.25, 0.3) is 0 Å². The second-order valence-electron chi connectivity index (χ2n) is 7.02. The molecule has 3 fully saturated rings. The van der Waals surface area contributed by atoms with Crippen LogP contribution >= 0.6 is 11.3 Å². The van der Waals surface area contributed by atoms with Crippen molar-refractivity contribution in [3.05, 3.63) is 10.7 Å². The number of fused-ring (bicyclic) bond motifs is 1. The van der Waals surface area contributed by atoms with Crippen LogP contribution in [0.4, 0.5) is 5.00 Å². The third-order valence-corrected chi connectivity index (χ3v) is 6.85. The number of amides is 1. The zero-order chi connectivity index (χ0) is 15.8. The molecular formula is C17H26N4OS. The van der Waals surface area contributed by atoms with Gasteiger partial charge in [0.1, 0.15) is 11.0 Å². The summed E-state index contributed by atoms with van der Waals surface area (Å²) in [4.78, 5) is 22.1. The highest BCUT2D eigenvalue weighted by Crippen LogP contribution is 2.39. The van der Waals surface area contributed by atoms with Crippen molar-refractivity contribution in [3.8, 4) is 0 Å². The van der Waals surface area contributed by atoms with Crippen molar-refractivity contribution in [2.24, 2.45) is 0 Å². The predicted molar refractivity (Wildman–Crippen MR) is 93.3 cm³/mol. The first-order chi connectivity index (χ1) is 11.2. The second-order valence-corrected chi connectivity index (χ2v) is 8.03. The Balaban J connectivity index is 1.55. The second kappa shape index (κ2) is 6.49. The van der Waals surface area contributed by atoms with Crippen LogP contribution in [0.1, 0.15) is 48.7 Å². The van der Waals surface area contributed by atoms with E-state index in [2.05, 4.69) is 17.1 Å². The summed E-state index contributed by atoms with van der Waals surface area (Å²) in [6, 6.07) is 0.0112. The molecule has 0 unspecified atom stereocenters. The van der Waals surface area contributed by atoms with Crippen LogP contribution in [0.2, 0.25) is 0 Å². The molecule has 5 nitrogen and oxygen atoms in total. The van der Waals surface area contributed by atoms with E-state index in [1.54, 1.807) is 11.3 Å². The van der Waals surface area contributed by atoms with Crippen molar-refractivity contribution in [2.75, 3.05) is 37.6 Å². The quantitative estimate of drug-likeness (QED) is 0.900. The standard InChI is InChI=1S/C17H26N4OS/c1-12-17(23-15(19-12)13-5-3-2-4-6-13)21-10-9-20-8-7-18-11-14(20)16(21)22/h13-14,18H,2-11H2,1H3/t14-/m1/s1. The number of hydrogen-bond acceptors (Lipinski definition) is 5. The third kappa shape index (κ3) is 2.92. The van der Waals surface area contributed by atoms with E-state index in [0.717, 1.165) is 43.4 Å². The number of piperazine rings is 2. The molecule has 1 saturated carbocycles. The van der Waals surface area contributed by atoms with Crippen molar-refractivity contribution in [2.45, 2.75) is 51.0 Å². The number of aromatic nitrogens is 1.